The van der Waals surface area contributed by atoms with E-state index in [1.54, 1.807) is 36.0 Å². The van der Waals surface area contributed by atoms with E-state index in [2.05, 4.69) is 25.8 Å². The van der Waals surface area contributed by atoms with Crippen LogP contribution in [0.15, 0.2) is 40.1 Å². The maximum absolute atomic E-state index is 11.5. The Balaban J connectivity index is 1.44. The number of aromatic nitrogens is 5. The second kappa shape index (κ2) is 12.7. The molecule has 1 aromatic carbocycles. The van der Waals surface area contributed by atoms with Gasteiger partial charge in [-0.1, -0.05) is 10.3 Å². The first-order chi connectivity index (χ1) is 18.3. The topological polar surface area (TPSA) is 161 Å². The Bertz CT molecular complexity index is 1330. The summed E-state index contributed by atoms with van der Waals surface area (Å²) in [4.78, 5) is 11.3. The molecule has 3 rings (SSSR count). The van der Waals surface area contributed by atoms with Crippen molar-refractivity contribution in [2.24, 2.45) is 0 Å². The Morgan fingerprint density at radius 1 is 1.08 bits per heavy atom. The fraction of sp³-hybridized carbons (Fsp3) is 0.560. The van der Waals surface area contributed by atoms with E-state index >= 15 is 0 Å². The van der Waals surface area contributed by atoms with Crippen LogP contribution in [-0.4, -0.2) is 78.2 Å². The lowest BCUT2D eigenvalue weighted by Crippen LogP contribution is -2.38. The highest BCUT2D eigenvalue weighted by molar-refractivity contribution is 7.90. The first kappa shape index (κ1) is 30.2. The van der Waals surface area contributed by atoms with Crippen LogP contribution in [0.3, 0.4) is 0 Å². The summed E-state index contributed by atoms with van der Waals surface area (Å²) in [7, 11) is -1.97. The second-order valence-electron chi connectivity index (χ2n) is 10.3. The minimum absolute atomic E-state index is 0.0742. The largest absolute Gasteiger partial charge is 0.493 e. The molecule has 214 valence electrons. The highest BCUT2D eigenvalue weighted by Gasteiger charge is 2.28. The Morgan fingerprint density at radius 2 is 1.79 bits per heavy atom. The molecule has 0 saturated carbocycles. The van der Waals surface area contributed by atoms with E-state index in [1.807, 2.05) is 33.9 Å². The summed E-state index contributed by atoms with van der Waals surface area (Å²) in [5, 5.41) is 17.9. The lowest BCUT2D eigenvalue weighted by molar-refractivity contribution is -0.121. The Kier molecular flexibility index (Phi) is 9.80. The molecular weight excluding hydrogens is 528 g/mol. The van der Waals surface area contributed by atoms with Crippen LogP contribution in [0.4, 0.5) is 0 Å². The van der Waals surface area contributed by atoms with Crippen molar-refractivity contribution in [1.82, 2.24) is 30.5 Å². The molecule has 1 N–H and O–H groups in total. The first-order valence-corrected chi connectivity index (χ1v) is 14.3. The Morgan fingerprint density at radius 3 is 2.44 bits per heavy atom. The van der Waals surface area contributed by atoms with Gasteiger partial charge in [0.1, 0.15) is 11.4 Å². The number of sulfone groups is 1. The van der Waals surface area contributed by atoms with E-state index < -0.39 is 26.2 Å². The molecule has 2 heterocycles. The molecule has 0 unspecified atom stereocenters. The van der Waals surface area contributed by atoms with Crippen molar-refractivity contribution in [2.75, 3.05) is 33.1 Å². The molecule has 14 heteroatoms. The third kappa shape index (κ3) is 9.11. The molecule has 0 aliphatic rings. The van der Waals surface area contributed by atoms with Crippen molar-refractivity contribution in [2.45, 2.75) is 63.5 Å². The number of nitrogens with zero attached hydrogens (tertiary/aromatic N) is 5. The predicted octanol–water partition coefficient (Wildman–Crippen LogP) is 2.38. The van der Waals surface area contributed by atoms with Gasteiger partial charge >= 0.3 is 5.22 Å². The molecule has 13 nitrogen and oxygen atoms in total. The predicted molar refractivity (Wildman–Crippen MR) is 141 cm³/mol. The van der Waals surface area contributed by atoms with Gasteiger partial charge in [0.25, 0.3) is 0 Å². The molecule has 1 amide bonds. The summed E-state index contributed by atoms with van der Waals surface area (Å²) < 4.78 is 47.6. The SMILES string of the molecule is CNC(=O)CCOCc1cn(C(C)(C)COC(C)(C)CCOc2ccc(-c3nnc(S(C)(=O)=O)o3)cc2)nn1. The molecule has 0 spiro atoms. The van der Waals surface area contributed by atoms with E-state index in [1.165, 1.54) is 0 Å². The van der Waals surface area contributed by atoms with Gasteiger partial charge in [-0.15, -0.1) is 10.2 Å². The Hall–Kier alpha value is -3.36. The van der Waals surface area contributed by atoms with Crippen molar-refractivity contribution in [1.29, 1.82) is 0 Å². The van der Waals surface area contributed by atoms with Crippen LogP contribution in [0.5, 0.6) is 5.75 Å². The number of hydrogen-bond acceptors (Lipinski definition) is 11. The standard InChI is InChI=1S/C25H36N6O7S/c1-24(2,31-15-19(27-30-31)16-35-13-11-21(32)26-5)17-37-25(3,4)12-14-36-20-9-7-18(8-10-20)22-28-29-23(38-22)39(6,33)34/h7-10,15H,11-14,16-17H2,1-6H3,(H,26,32). The molecule has 0 saturated heterocycles. The van der Waals surface area contributed by atoms with Crippen molar-refractivity contribution >= 4 is 15.7 Å². The lowest BCUT2D eigenvalue weighted by Gasteiger charge is -2.32. The maximum atomic E-state index is 11.5. The van der Waals surface area contributed by atoms with Gasteiger partial charge in [-0.3, -0.25) is 4.79 Å². The van der Waals surface area contributed by atoms with E-state index in [-0.39, 0.29) is 18.4 Å². The van der Waals surface area contributed by atoms with Crippen LogP contribution in [0.25, 0.3) is 11.5 Å². The van der Waals surface area contributed by atoms with Crippen molar-refractivity contribution in [3.63, 3.8) is 0 Å². The number of rotatable bonds is 15. The summed E-state index contributed by atoms with van der Waals surface area (Å²) in [6.07, 6.45) is 3.75. The third-order valence-electron chi connectivity index (χ3n) is 5.78. The molecule has 3 aromatic rings. The fourth-order valence-corrected chi connectivity index (χ4v) is 3.64. The number of carbonyl (C=O) groups is 1. The van der Waals surface area contributed by atoms with Gasteiger partial charge in [0.2, 0.25) is 21.6 Å². The van der Waals surface area contributed by atoms with Gasteiger partial charge in [0.05, 0.1) is 43.8 Å². The zero-order valence-electron chi connectivity index (χ0n) is 23.1. The van der Waals surface area contributed by atoms with Gasteiger partial charge in [0, 0.05) is 31.7 Å². The van der Waals surface area contributed by atoms with Gasteiger partial charge in [-0.2, -0.15) is 0 Å². The highest BCUT2D eigenvalue weighted by atomic mass is 32.2. The summed E-state index contributed by atoms with van der Waals surface area (Å²) >= 11 is 0. The zero-order chi connectivity index (χ0) is 28.7. The minimum atomic E-state index is -3.56. The first-order valence-electron chi connectivity index (χ1n) is 12.4. The van der Waals surface area contributed by atoms with Gasteiger partial charge < -0.3 is 23.9 Å². The van der Waals surface area contributed by atoms with E-state index in [0.717, 1.165) is 6.26 Å². The van der Waals surface area contributed by atoms with Crippen molar-refractivity contribution in [3.05, 3.63) is 36.2 Å². The minimum Gasteiger partial charge on any atom is -0.493 e. The summed E-state index contributed by atoms with van der Waals surface area (Å²) in [5.41, 5.74) is 0.346. The monoisotopic (exact) mass is 564 g/mol. The third-order valence-corrected chi connectivity index (χ3v) is 6.58. The van der Waals surface area contributed by atoms with E-state index in [0.29, 0.717) is 49.7 Å². The van der Waals surface area contributed by atoms with Gasteiger partial charge in [-0.05, 0) is 52.0 Å². The molecule has 0 radical (unpaired) electrons. The normalized spacial score (nSPS) is 12.5. The smallest absolute Gasteiger partial charge is 0.335 e. The average molecular weight is 565 g/mol. The van der Waals surface area contributed by atoms with Crippen LogP contribution >= 0.6 is 0 Å². The number of nitrogens with one attached hydrogen (secondary N) is 1. The summed E-state index contributed by atoms with van der Waals surface area (Å²) in [5.74, 6) is 0.687. The molecule has 0 fully saturated rings. The summed E-state index contributed by atoms with van der Waals surface area (Å²) in [6.45, 7) is 9.41. The van der Waals surface area contributed by atoms with Crippen LogP contribution in [0, 0.1) is 0 Å². The number of amides is 1. The molecule has 0 aliphatic heterocycles. The second-order valence-corrected chi connectivity index (χ2v) is 12.2. The zero-order valence-corrected chi connectivity index (χ0v) is 23.9. The molecule has 2 aromatic heterocycles. The Labute approximate surface area is 228 Å². The van der Waals surface area contributed by atoms with Crippen molar-refractivity contribution < 1.29 is 31.8 Å². The van der Waals surface area contributed by atoms with E-state index in [4.69, 9.17) is 18.6 Å². The summed E-state index contributed by atoms with van der Waals surface area (Å²) in [6, 6.07) is 6.94. The highest BCUT2D eigenvalue weighted by Crippen LogP contribution is 2.25. The van der Waals surface area contributed by atoms with Crippen LogP contribution in [0.1, 0.15) is 46.2 Å². The number of carbonyl (C=O) groups excluding carboxylic acids is 1. The molecule has 39 heavy (non-hydrogen) atoms. The molecule has 0 bridgehead atoms. The number of hydrogen-bond donors (Lipinski definition) is 1. The maximum Gasteiger partial charge on any atom is 0.335 e. The average Bonchev–Trinajstić information content (AvgIpc) is 3.57. The lowest BCUT2D eigenvalue weighted by atomic mass is 10.0. The fourth-order valence-electron chi connectivity index (χ4n) is 3.22. The van der Waals surface area contributed by atoms with E-state index in [9.17, 15) is 13.2 Å². The number of ether oxygens (including phenoxy) is 3. The molecule has 0 atom stereocenters. The van der Waals surface area contributed by atoms with Crippen LogP contribution in [-0.2, 0) is 36.3 Å². The van der Waals surface area contributed by atoms with Crippen LogP contribution in [0.2, 0.25) is 0 Å². The van der Waals surface area contributed by atoms with Crippen molar-refractivity contribution in [3.8, 4) is 17.2 Å². The van der Waals surface area contributed by atoms with Crippen LogP contribution < -0.4 is 10.1 Å². The number of benzene rings is 1. The molecular formula is C25H36N6O7S. The van der Waals surface area contributed by atoms with Gasteiger partial charge in [0.15, 0.2) is 0 Å². The quantitative estimate of drug-likeness (QED) is 0.270. The van der Waals surface area contributed by atoms with Gasteiger partial charge in [-0.25, -0.2) is 13.1 Å². The molecule has 0 aliphatic carbocycles.